The molecule has 0 N–H and O–H groups in total. The van der Waals surface area contributed by atoms with Gasteiger partial charge in [0.05, 0.1) is 11.3 Å². The Kier molecular flexibility index (Phi) is 5.23. The zero-order valence-corrected chi connectivity index (χ0v) is 13.1. The van der Waals surface area contributed by atoms with E-state index in [1.54, 1.807) is 18.5 Å². The quantitative estimate of drug-likeness (QED) is 0.267. The van der Waals surface area contributed by atoms with E-state index in [0.717, 1.165) is 9.90 Å². The van der Waals surface area contributed by atoms with Crippen molar-refractivity contribution >= 4 is 40.3 Å². The number of nitro benzene ring substituents is 1. The van der Waals surface area contributed by atoms with Crippen molar-refractivity contribution < 1.29 is 4.92 Å². The first-order chi connectivity index (χ1) is 10.0. The van der Waals surface area contributed by atoms with Gasteiger partial charge in [-0.2, -0.15) is 0 Å². The van der Waals surface area contributed by atoms with Gasteiger partial charge in [-0.1, -0.05) is 35.2 Å². The summed E-state index contributed by atoms with van der Waals surface area (Å²) in [5.74, 6) is 0.685. The van der Waals surface area contributed by atoms with Gasteiger partial charge in [0.2, 0.25) is 5.13 Å². The normalized spacial score (nSPS) is 11.0. The van der Waals surface area contributed by atoms with Crippen molar-refractivity contribution in [3.8, 4) is 0 Å². The number of nitrogens with zero attached hydrogens (tertiary/aromatic N) is 5. The third-order valence-electron chi connectivity index (χ3n) is 2.30. The van der Waals surface area contributed by atoms with E-state index in [1.165, 1.54) is 35.2 Å². The summed E-state index contributed by atoms with van der Waals surface area (Å²) in [5.41, 5.74) is 1.10. The molecule has 0 radical (unpaired) electrons. The maximum Gasteiger partial charge on any atom is 0.269 e. The largest absolute Gasteiger partial charge is 0.369 e. The lowest BCUT2D eigenvalue weighted by Crippen LogP contribution is -2.06. The van der Waals surface area contributed by atoms with Crippen molar-refractivity contribution in [2.24, 2.45) is 4.99 Å². The van der Waals surface area contributed by atoms with E-state index in [2.05, 4.69) is 15.2 Å². The second-order valence-electron chi connectivity index (χ2n) is 4.27. The molecule has 0 unspecified atom stereocenters. The molecule has 1 aromatic carbocycles. The summed E-state index contributed by atoms with van der Waals surface area (Å²) < 4.78 is 0.819. The SMILES string of the molecule is CN(C)/C=N/c1nnc(SCc2ccc([N+](=O)[O-])cc2)s1. The van der Waals surface area contributed by atoms with E-state index in [0.29, 0.717) is 10.9 Å². The maximum absolute atomic E-state index is 10.6. The number of thioether (sulfide) groups is 1. The molecule has 0 atom stereocenters. The highest BCUT2D eigenvalue weighted by molar-refractivity contribution is 8.00. The summed E-state index contributed by atoms with van der Waals surface area (Å²) in [4.78, 5) is 16.2. The van der Waals surface area contributed by atoms with Crippen LogP contribution in [0.1, 0.15) is 5.56 Å². The molecule has 0 saturated carbocycles. The van der Waals surface area contributed by atoms with Crippen LogP contribution in [0.3, 0.4) is 0 Å². The summed E-state index contributed by atoms with van der Waals surface area (Å²) in [7, 11) is 3.77. The average molecular weight is 323 g/mol. The predicted octanol–water partition coefficient (Wildman–Crippen LogP) is 2.96. The van der Waals surface area contributed by atoms with Gasteiger partial charge < -0.3 is 4.90 Å². The molecule has 0 aliphatic carbocycles. The molecule has 7 nitrogen and oxygen atoms in total. The highest BCUT2D eigenvalue weighted by Gasteiger charge is 2.06. The molecule has 110 valence electrons. The number of nitro groups is 1. The number of hydrogen-bond donors (Lipinski definition) is 0. The first-order valence-corrected chi connectivity index (χ1v) is 7.75. The van der Waals surface area contributed by atoms with Crippen LogP contribution in [0.25, 0.3) is 0 Å². The molecule has 0 bridgehead atoms. The van der Waals surface area contributed by atoms with Gasteiger partial charge in [-0.25, -0.2) is 4.99 Å². The molecule has 1 aromatic heterocycles. The van der Waals surface area contributed by atoms with Crippen molar-refractivity contribution in [2.45, 2.75) is 10.1 Å². The number of hydrogen-bond acceptors (Lipinski definition) is 7. The Morgan fingerprint density at radius 1 is 1.38 bits per heavy atom. The van der Waals surface area contributed by atoms with Crippen molar-refractivity contribution in [3.05, 3.63) is 39.9 Å². The van der Waals surface area contributed by atoms with Crippen molar-refractivity contribution in [3.63, 3.8) is 0 Å². The summed E-state index contributed by atoms with van der Waals surface area (Å²) in [6, 6.07) is 6.50. The van der Waals surface area contributed by atoms with Crippen LogP contribution < -0.4 is 0 Å². The zero-order chi connectivity index (χ0) is 15.2. The highest BCUT2D eigenvalue weighted by Crippen LogP contribution is 2.29. The monoisotopic (exact) mass is 323 g/mol. The molecule has 0 aliphatic rings. The fourth-order valence-electron chi connectivity index (χ4n) is 1.34. The first-order valence-electron chi connectivity index (χ1n) is 5.95. The smallest absolute Gasteiger partial charge is 0.269 e. The van der Waals surface area contributed by atoms with Crippen LogP contribution in [0.4, 0.5) is 10.8 Å². The van der Waals surface area contributed by atoms with Crippen LogP contribution >= 0.6 is 23.1 Å². The maximum atomic E-state index is 10.6. The fourth-order valence-corrected chi connectivity index (χ4v) is 2.97. The van der Waals surface area contributed by atoms with E-state index in [1.807, 2.05) is 19.0 Å². The Labute approximate surface area is 129 Å². The van der Waals surface area contributed by atoms with Crippen LogP contribution in [-0.4, -0.2) is 40.5 Å². The Morgan fingerprint density at radius 2 is 2.10 bits per heavy atom. The molecule has 9 heteroatoms. The Balaban J connectivity index is 1.92. The Bertz CT molecular complexity index is 639. The minimum absolute atomic E-state index is 0.0972. The van der Waals surface area contributed by atoms with Crippen LogP contribution in [0.2, 0.25) is 0 Å². The summed E-state index contributed by atoms with van der Waals surface area (Å²) in [5, 5.41) is 19.2. The van der Waals surface area contributed by atoms with E-state index in [-0.39, 0.29) is 5.69 Å². The van der Waals surface area contributed by atoms with Gasteiger partial charge in [0.15, 0.2) is 4.34 Å². The first kappa shape index (κ1) is 15.4. The van der Waals surface area contributed by atoms with Crippen LogP contribution in [0.15, 0.2) is 33.6 Å². The van der Waals surface area contributed by atoms with E-state index >= 15 is 0 Å². The Morgan fingerprint density at radius 3 is 2.71 bits per heavy atom. The topological polar surface area (TPSA) is 84.5 Å². The minimum atomic E-state index is -0.406. The molecule has 0 spiro atoms. The molecule has 0 fully saturated rings. The lowest BCUT2D eigenvalue weighted by atomic mass is 10.2. The third-order valence-corrected chi connectivity index (χ3v) is 4.34. The lowest BCUT2D eigenvalue weighted by Gasteiger charge is -1.99. The van der Waals surface area contributed by atoms with Gasteiger partial charge >= 0.3 is 0 Å². The minimum Gasteiger partial charge on any atom is -0.369 e. The molecule has 21 heavy (non-hydrogen) atoms. The van der Waals surface area contributed by atoms with Gasteiger partial charge in [0.1, 0.15) is 0 Å². The predicted molar refractivity (Wildman–Crippen MR) is 84.4 cm³/mol. The summed E-state index contributed by atoms with van der Waals surface area (Å²) >= 11 is 2.94. The average Bonchev–Trinajstić information content (AvgIpc) is 2.91. The van der Waals surface area contributed by atoms with Crippen molar-refractivity contribution in [1.82, 2.24) is 15.1 Å². The van der Waals surface area contributed by atoms with E-state index in [9.17, 15) is 10.1 Å². The molecule has 0 aliphatic heterocycles. The molecule has 2 aromatic rings. The zero-order valence-electron chi connectivity index (χ0n) is 11.5. The van der Waals surface area contributed by atoms with Gasteiger partial charge in [0.25, 0.3) is 5.69 Å². The second-order valence-corrected chi connectivity index (χ2v) is 6.45. The molecule has 0 amide bonds. The molecular weight excluding hydrogens is 310 g/mol. The third kappa shape index (κ3) is 4.80. The molecular formula is C12H13N5O2S2. The van der Waals surface area contributed by atoms with Gasteiger partial charge in [-0.05, 0) is 5.56 Å². The number of rotatable bonds is 6. The van der Waals surface area contributed by atoms with Gasteiger partial charge in [-0.15, -0.1) is 10.2 Å². The molecule has 2 rings (SSSR count). The summed E-state index contributed by atoms with van der Waals surface area (Å²) in [6.07, 6.45) is 1.67. The van der Waals surface area contributed by atoms with Crippen LogP contribution in [0, 0.1) is 10.1 Å². The standard InChI is InChI=1S/C12H13N5O2S2/c1-16(2)8-13-11-14-15-12(21-11)20-7-9-3-5-10(6-4-9)17(18)19/h3-6,8H,7H2,1-2H3/b13-8+. The number of benzene rings is 1. The second kappa shape index (κ2) is 7.14. The van der Waals surface area contributed by atoms with Crippen LogP contribution in [0.5, 0.6) is 0 Å². The lowest BCUT2D eigenvalue weighted by molar-refractivity contribution is -0.384. The van der Waals surface area contributed by atoms with Crippen molar-refractivity contribution in [1.29, 1.82) is 0 Å². The number of non-ortho nitro benzene ring substituents is 1. The van der Waals surface area contributed by atoms with Crippen molar-refractivity contribution in [2.75, 3.05) is 14.1 Å². The van der Waals surface area contributed by atoms with E-state index in [4.69, 9.17) is 0 Å². The van der Waals surface area contributed by atoms with Gasteiger partial charge in [0, 0.05) is 32.0 Å². The van der Waals surface area contributed by atoms with Crippen LogP contribution in [-0.2, 0) is 5.75 Å². The Hall–Kier alpha value is -2.00. The number of aliphatic imine (C=N–C) groups is 1. The molecule has 0 saturated heterocycles. The van der Waals surface area contributed by atoms with Gasteiger partial charge in [-0.3, -0.25) is 10.1 Å². The summed E-state index contributed by atoms with van der Waals surface area (Å²) in [6.45, 7) is 0. The molecule has 1 heterocycles. The van der Waals surface area contributed by atoms with E-state index < -0.39 is 4.92 Å². The highest BCUT2D eigenvalue weighted by atomic mass is 32.2. The fraction of sp³-hybridized carbons (Fsp3) is 0.250. The number of aromatic nitrogens is 2.